The van der Waals surface area contributed by atoms with Gasteiger partial charge in [0.25, 0.3) is 0 Å². The van der Waals surface area contributed by atoms with Gasteiger partial charge in [-0.2, -0.15) is 5.10 Å². The van der Waals surface area contributed by atoms with Gasteiger partial charge in [-0.3, -0.25) is 5.10 Å². The quantitative estimate of drug-likeness (QED) is 0.162. The number of carbonyl (C=O) groups is 1. The summed E-state index contributed by atoms with van der Waals surface area (Å²) in [5.41, 5.74) is 7.00. The molecule has 0 aliphatic carbocycles. The Morgan fingerprint density at radius 3 is 2.52 bits per heavy atom. The van der Waals surface area contributed by atoms with E-state index in [1.54, 1.807) is 0 Å². The summed E-state index contributed by atoms with van der Waals surface area (Å²) in [5, 5.41) is 9.95. The van der Waals surface area contributed by atoms with Gasteiger partial charge in [0, 0.05) is 35.4 Å². The predicted molar refractivity (Wildman–Crippen MR) is 170 cm³/mol. The van der Waals surface area contributed by atoms with Crippen LogP contribution in [-0.4, -0.2) is 42.3 Å². The SMILES string of the molecule is C.CCOC(=O)c1c(CCCO[Si](C)(C)C(C)(C)C)c2ccc(Cl)c3c2n1CCCCCCc1[nH]nc(CC)c1-3. The first kappa shape index (κ1) is 32.4. The maximum atomic E-state index is 13.6. The molecule has 0 unspecified atom stereocenters. The molecule has 4 rings (SSSR count). The van der Waals surface area contributed by atoms with Crippen molar-refractivity contribution in [3.05, 3.63) is 39.8 Å². The van der Waals surface area contributed by atoms with E-state index >= 15 is 0 Å². The van der Waals surface area contributed by atoms with E-state index in [4.69, 9.17) is 20.8 Å². The van der Waals surface area contributed by atoms with E-state index in [0.29, 0.717) is 23.9 Å². The minimum atomic E-state index is -1.85. The zero-order valence-electron chi connectivity index (χ0n) is 24.9. The van der Waals surface area contributed by atoms with Crippen LogP contribution in [0.2, 0.25) is 23.2 Å². The molecule has 0 bridgehead atoms. The maximum Gasteiger partial charge on any atom is 0.355 e. The van der Waals surface area contributed by atoms with E-state index < -0.39 is 8.32 Å². The van der Waals surface area contributed by atoms with Crippen LogP contribution in [0.25, 0.3) is 22.0 Å². The minimum Gasteiger partial charge on any atom is -0.461 e. The third kappa shape index (κ3) is 6.37. The first-order valence-corrected chi connectivity index (χ1v) is 18.0. The molecule has 222 valence electrons. The van der Waals surface area contributed by atoms with Gasteiger partial charge in [-0.05, 0) is 75.2 Å². The fraction of sp³-hybridized carbons (Fsp3) is 0.625. The number of fused-ring (bicyclic) bond motifs is 2. The summed E-state index contributed by atoms with van der Waals surface area (Å²) in [5.74, 6) is -0.255. The highest BCUT2D eigenvalue weighted by molar-refractivity contribution is 6.74. The predicted octanol–water partition coefficient (Wildman–Crippen LogP) is 9.13. The van der Waals surface area contributed by atoms with E-state index in [0.717, 1.165) is 96.9 Å². The maximum absolute atomic E-state index is 13.6. The summed E-state index contributed by atoms with van der Waals surface area (Å²) >= 11 is 7.02. The third-order valence-electron chi connectivity index (χ3n) is 8.65. The number of H-pyrrole nitrogens is 1. The largest absolute Gasteiger partial charge is 0.461 e. The molecular weight excluding hydrogens is 538 g/mol. The number of nitrogens with one attached hydrogen (secondary N) is 1. The summed E-state index contributed by atoms with van der Waals surface area (Å²) < 4.78 is 14.4. The van der Waals surface area contributed by atoms with Gasteiger partial charge in [0.15, 0.2) is 8.32 Å². The molecule has 1 aromatic carbocycles. The number of hydrogen-bond acceptors (Lipinski definition) is 4. The van der Waals surface area contributed by atoms with Crippen molar-refractivity contribution in [2.75, 3.05) is 13.2 Å². The zero-order chi connectivity index (χ0) is 28.4. The number of aryl methyl sites for hydroxylation is 4. The van der Waals surface area contributed by atoms with E-state index in [-0.39, 0.29) is 18.4 Å². The monoisotopic (exact) mass is 587 g/mol. The van der Waals surface area contributed by atoms with Crippen LogP contribution >= 0.6 is 11.6 Å². The Kier molecular flexibility index (Phi) is 10.7. The lowest BCUT2D eigenvalue weighted by Crippen LogP contribution is -2.41. The number of nitrogens with zero attached hydrogens (tertiary/aromatic N) is 2. The second kappa shape index (κ2) is 13.3. The number of esters is 1. The van der Waals surface area contributed by atoms with E-state index in [2.05, 4.69) is 61.6 Å². The van der Waals surface area contributed by atoms with Crippen molar-refractivity contribution in [3.63, 3.8) is 0 Å². The van der Waals surface area contributed by atoms with Gasteiger partial charge in [0.1, 0.15) is 5.69 Å². The van der Waals surface area contributed by atoms with Crippen LogP contribution < -0.4 is 0 Å². The van der Waals surface area contributed by atoms with Crippen molar-refractivity contribution in [2.24, 2.45) is 0 Å². The van der Waals surface area contributed by atoms with Crippen molar-refractivity contribution < 1.29 is 14.0 Å². The number of halogens is 1. The van der Waals surface area contributed by atoms with Gasteiger partial charge in [-0.25, -0.2) is 4.79 Å². The second-order valence-electron chi connectivity index (χ2n) is 12.3. The number of aromatic amines is 1. The summed E-state index contributed by atoms with van der Waals surface area (Å²) in [6, 6.07) is 4.08. The summed E-state index contributed by atoms with van der Waals surface area (Å²) in [6.07, 6.45) is 7.69. The van der Waals surface area contributed by atoms with Crippen LogP contribution in [-0.2, 0) is 35.0 Å². The molecule has 1 aliphatic rings. The first-order valence-electron chi connectivity index (χ1n) is 14.7. The van der Waals surface area contributed by atoms with Gasteiger partial charge >= 0.3 is 5.97 Å². The van der Waals surface area contributed by atoms with Crippen molar-refractivity contribution in [3.8, 4) is 11.1 Å². The van der Waals surface area contributed by atoms with Crippen molar-refractivity contribution in [2.45, 2.75) is 118 Å². The van der Waals surface area contributed by atoms with Gasteiger partial charge in [0.2, 0.25) is 0 Å². The highest BCUT2D eigenvalue weighted by Crippen LogP contribution is 2.43. The van der Waals surface area contributed by atoms with Crippen LogP contribution in [0.5, 0.6) is 0 Å². The molecular formula is C32H50ClN3O3Si. The Morgan fingerprint density at radius 2 is 1.85 bits per heavy atom. The topological polar surface area (TPSA) is 69.1 Å². The molecule has 8 heteroatoms. The molecule has 40 heavy (non-hydrogen) atoms. The number of carbonyl (C=O) groups excluding carboxylic acids is 1. The van der Waals surface area contributed by atoms with Crippen molar-refractivity contribution >= 4 is 36.8 Å². The number of benzene rings is 1. The molecule has 3 heterocycles. The van der Waals surface area contributed by atoms with E-state index in [1.807, 2.05) is 13.0 Å². The smallest absolute Gasteiger partial charge is 0.355 e. The van der Waals surface area contributed by atoms with Crippen LogP contribution in [0.3, 0.4) is 0 Å². The first-order chi connectivity index (χ1) is 18.5. The highest BCUT2D eigenvalue weighted by atomic mass is 35.5. The molecule has 0 saturated carbocycles. The Morgan fingerprint density at radius 1 is 1.12 bits per heavy atom. The van der Waals surface area contributed by atoms with Crippen LogP contribution in [0, 0.1) is 0 Å². The van der Waals surface area contributed by atoms with Crippen LogP contribution in [0.15, 0.2) is 12.1 Å². The van der Waals surface area contributed by atoms with Gasteiger partial charge in [-0.15, -0.1) is 0 Å². The van der Waals surface area contributed by atoms with Crippen LogP contribution in [0.1, 0.15) is 102 Å². The molecule has 0 radical (unpaired) electrons. The normalized spacial score (nSPS) is 14.4. The van der Waals surface area contributed by atoms with Crippen molar-refractivity contribution in [1.82, 2.24) is 14.8 Å². The Labute approximate surface area is 247 Å². The molecule has 2 aromatic heterocycles. The van der Waals surface area contributed by atoms with E-state index in [1.165, 1.54) is 0 Å². The average Bonchev–Trinajstić information content (AvgIpc) is 3.41. The summed E-state index contributed by atoms with van der Waals surface area (Å²) in [6.45, 7) is 17.1. The Balaban J connectivity index is 0.00000441. The molecule has 1 aliphatic heterocycles. The second-order valence-corrected chi connectivity index (χ2v) is 17.5. The molecule has 0 fully saturated rings. The lowest BCUT2D eigenvalue weighted by molar-refractivity contribution is 0.0512. The van der Waals surface area contributed by atoms with Gasteiger partial charge in [0.05, 0.1) is 22.8 Å². The molecule has 6 nitrogen and oxygen atoms in total. The Hall–Kier alpha value is -2.09. The molecule has 0 spiro atoms. The fourth-order valence-electron chi connectivity index (χ4n) is 5.51. The standard InChI is InChI=1S/C31H46ClN3O3Si.CH4/c1-8-24-27-25(34-33-24)16-12-10-11-13-19-35-28-22(17-18-23(32)26(27)28)21(29(35)30(36)37-9-2)15-14-20-38-39(6,7)31(3,4)5;/h17-18H,8-16,19-20H2,1-7H3,(H,33,34);1H4. The number of rotatable bonds is 8. The number of aromatic nitrogens is 3. The van der Waals surface area contributed by atoms with Gasteiger partial charge < -0.3 is 13.7 Å². The van der Waals surface area contributed by atoms with Crippen molar-refractivity contribution in [1.29, 1.82) is 0 Å². The third-order valence-corrected chi connectivity index (χ3v) is 13.5. The molecule has 0 saturated heterocycles. The summed E-state index contributed by atoms with van der Waals surface area (Å²) in [7, 11) is -1.85. The molecule has 0 atom stereocenters. The Bertz CT molecular complexity index is 1320. The number of hydrogen-bond donors (Lipinski definition) is 1. The summed E-state index contributed by atoms with van der Waals surface area (Å²) in [4.78, 5) is 13.6. The highest BCUT2D eigenvalue weighted by Gasteiger charge is 2.37. The minimum absolute atomic E-state index is 0. The zero-order valence-corrected chi connectivity index (χ0v) is 26.7. The molecule has 0 amide bonds. The molecule has 1 N–H and O–H groups in total. The lowest BCUT2D eigenvalue weighted by Gasteiger charge is -2.36. The lowest BCUT2D eigenvalue weighted by atomic mass is 9.95. The average molecular weight is 588 g/mol. The van der Waals surface area contributed by atoms with E-state index in [9.17, 15) is 4.79 Å². The molecule has 3 aromatic rings. The van der Waals surface area contributed by atoms with Gasteiger partial charge in [-0.1, -0.05) is 65.6 Å². The fourth-order valence-corrected chi connectivity index (χ4v) is 6.85. The number of ether oxygens (including phenoxy) is 1. The van der Waals surface area contributed by atoms with Crippen LogP contribution in [0.4, 0.5) is 0 Å².